The van der Waals surface area contributed by atoms with Crippen LogP contribution in [0.4, 0.5) is 5.69 Å². The van der Waals surface area contributed by atoms with Crippen LogP contribution in [0.5, 0.6) is 5.88 Å². The van der Waals surface area contributed by atoms with Crippen molar-refractivity contribution in [3.05, 3.63) is 24.4 Å². The molecule has 0 saturated carbocycles. The minimum absolute atomic E-state index is 0.578. The van der Waals surface area contributed by atoms with E-state index >= 15 is 0 Å². The van der Waals surface area contributed by atoms with E-state index in [9.17, 15) is 0 Å². The predicted molar refractivity (Wildman–Crippen MR) is 75.5 cm³/mol. The average molecular weight is 258 g/mol. The molecule has 1 aliphatic heterocycles. The van der Waals surface area contributed by atoms with Crippen LogP contribution < -0.4 is 15.4 Å². The summed E-state index contributed by atoms with van der Waals surface area (Å²) < 4.78 is 5.20. The highest BCUT2D eigenvalue weighted by atomic mass is 16.5. The van der Waals surface area contributed by atoms with Crippen molar-refractivity contribution >= 4 is 16.7 Å². The standard InChI is InChI=1S/C14H18N4O/c1-19-13-3-2-11-14(17-13)12(4-6-16-11)18-7-5-10(8-15)9-18/h2-4,6,10H,5,7-9,15H2,1H3/t10-/m0/s1. The molecule has 0 spiro atoms. The second-order valence-electron chi connectivity index (χ2n) is 4.89. The van der Waals surface area contributed by atoms with Gasteiger partial charge in [0.15, 0.2) is 0 Å². The summed E-state index contributed by atoms with van der Waals surface area (Å²) in [5.74, 6) is 1.20. The maximum absolute atomic E-state index is 5.76. The number of nitrogens with zero attached hydrogens (tertiary/aromatic N) is 3. The monoisotopic (exact) mass is 258 g/mol. The van der Waals surface area contributed by atoms with Gasteiger partial charge in [0.2, 0.25) is 5.88 Å². The molecule has 3 heterocycles. The molecule has 0 aromatic carbocycles. The quantitative estimate of drug-likeness (QED) is 0.902. The lowest BCUT2D eigenvalue weighted by atomic mass is 10.1. The van der Waals surface area contributed by atoms with Gasteiger partial charge in [0.25, 0.3) is 0 Å². The minimum atomic E-state index is 0.578. The van der Waals surface area contributed by atoms with E-state index in [1.54, 1.807) is 7.11 Å². The van der Waals surface area contributed by atoms with Crippen LogP contribution in [0.1, 0.15) is 6.42 Å². The Morgan fingerprint density at radius 2 is 2.32 bits per heavy atom. The van der Waals surface area contributed by atoms with Crippen molar-refractivity contribution in [1.29, 1.82) is 0 Å². The third-order valence-corrected chi connectivity index (χ3v) is 3.71. The van der Waals surface area contributed by atoms with Crippen LogP contribution in [0.15, 0.2) is 24.4 Å². The minimum Gasteiger partial charge on any atom is -0.481 e. The summed E-state index contributed by atoms with van der Waals surface area (Å²) >= 11 is 0. The van der Waals surface area contributed by atoms with Gasteiger partial charge in [-0.1, -0.05) is 0 Å². The van der Waals surface area contributed by atoms with Gasteiger partial charge in [-0.3, -0.25) is 4.98 Å². The number of aromatic nitrogens is 2. The fourth-order valence-corrected chi connectivity index (χ4v) is 2.61. The van der Waals surface area contributed by atoms with Gasteiger partial charge in [-0.25, -0.2) is 4.98 Å². The van der Waals surface area contributed by atoms with Gasteiger partial charge in [0.1, 0.15) is 5.52 Å². The molecular formula is C14H18N4O. The molecule has 5 nitrogen and oxygen atoms in total. The Morgan fingerprint density at radius 3 is 3.05 bits per heavy atom. The molecule has 19 heavy (non-hydrogen) atoms. The van der Waals surface area contributed by atoms with Crippen LogP contribution in [-0.2, 0) is 0 Å². The molecule has 0 radical (unpaired) electrons. The third-order valence-electron chi connectivity index (χ3n) is 3.71. The van der Waals surface area contributed by atoms with Gasteiger partial charge in [0, 0.05) is 25.4 Å². The summed E-state index contributed by atoms with van der Waals surface area (Å²) in [6.45, 7) is 2.77. The number of rotatable bonds is 3. The number of methoxy groups -OCH3 is 1. The molecule has 0 bridgehead atoms. The third kappa shape index (κ3) is 2.21. The first-order chi connectivity index (χ1) is 9.31. The van der Waals surface area contributed by atoms with Crippen LogP contribution in [0.25, 0.3) is 11.0 Å². The highest BCUT2D eigenvalue weighted by Gasteiger charge is 2.23. The van der Waals surface area contributed by atoms with Gasteiger partial charge in [-0.15, -0.1) is 0 Å². The van der Waals surface area contributed by atoms with Crippen molar-refractivity contribution in [3.8, 4) is 5.88 Å². The number of hydrogen-bond donors (Lipinski definition) is 1. The first kappa shape index (κ1) is 12.2. The lowest BCUT2D eigenvalue weighted by molar-refractivity contribution is 0.399. The molecule has 1 fully saturated rings. The molecule has 2 aromatic rings. The molecular weight excluding hydrogens is 240 g/mol. The summed E-state index contributed by atoms with van der Waals surface area (Å²) in [5.41, 5.74) is 8.68. The number of fused-ring (bicyclic) bond motifs is 1. The highest BCUT2D eigenvalue weighted by molar-refractivity contribution is 5.88. The summed E-state index contributed by atoms with van der Waals surface area (Å²) in [6.07, 6.45) is 2.98. The lowest BCUT2D eigenvalue weighted by Gasteiger charge is -2.19. The van der Waals surface area contributed by atoms with Crippen molar-refractivity contribution in [2.45, 2.75) is 6.42 Å². The van der Waals surface area contributed by atoms with E-state index in [0.717, 1.165) is 42.8 Å². The number of hydrogen-bond acceptors (Lipinski definition) is 5. The summed E-state index contributed by atoms with van der Waals surface area (Å²) in [4.78, 5) is 11.2. The highest BCUT2D eigenvalue weighted by Crippen LogP contribution is 2.29. The lowest BCUT2D eigenvalue weighted by Crippen LogP contribution is -2.23. The summed E-state index contributed by atoms with van der Waals surface area (Å²) in [6, 6.07) is 5.81. The Hall–Kier alpha value is -1.88. The summed E-state index contributed by atoms with van der Waals surface area (Å²) in [5, 5.41) is 0. The first-order valence-electron chi connectivity index (χ1n) is 6.56. The molecule has 1 atom stereocenters. The van der Waals surface area contributed by atoms with Crippen molar-refractivity contribution in [1.82, 2.24) is 9.97 Å². The molecule has 0 aliphatic carbocycles. The normalized spacial score (nSPS) is 19.1. The Morgan fingerprint density at radius 1 is 1.42 bits per heavy atom. The zero-order chi connectivity index (χ0) is 13.2. The van der Waals surface area contributed by atoms with Crippen molar-refractivity contribution < 1.29 is 4.74 Å². The van der Waals surface area contributed by atoms with Gasteiger partial charge >= 0.3 is 0 Å². The van der Waals surface area contributed by atoms with Gasteiger partial charge in [-0.05, 0) is 31.0 Å². The van der Waals surface area contributed by atoms with Crippen LogP contribution in [0, 0.1) is 5.92 Å². The second-order valence-corrected chi connectivity index (χ2v) is 4.89. The Labute approximate surface area is 112 Å². The Bertz CT molecular complexity index is 587. The largest absolute Gasteiger partial charge is 0.481 e. The van der Waals surface area contributed by atoms with Crippen molar-refractivity contribution in [2.24, 2.45) is 11.7 Å². The fraction of sp³-hybridized carbons (Fsp3) is 0.429. The van der Waals surface area contributed by atoms with E-state index in [0.29, 0.717) is 11.8 Å². The molecule has 100 valence electrons. The van der Waals surface area contributed by atoms with Gasteiger partial charge < -0.3 is 15.4 Å². The molecule has 2 N–H and O–H groups in total. The zero-order valence-corrected chi connectivity index (χ0v) is 11.0. The molecule has 1 aliphatic rings. The molecule has 3 rings (SSSR count). The fourth-order valence-electron chi connectivity index (χ4n) is 2.61. The Kier molecular flexibility index (Phi) is 3.21. The van der Waals surface area contributed by atoms with Crippen LogP contribution in [0.2, 0.25) is 0 Å². The zero-order valence-electron chi connectivity index (χ0n) is 11.0. The number of pyridine rings is 2. The van der Waals surface area contributed by atoms with E-state index in [2.05, 4.69) is 14.9 Å². The van der Waals surface area contributed by atoms with Crippen LogP contribution in [0.3, 0.4) is 0 Å². The molecule has 0 unspecified atom stereocenters. The van der Waals surface area contributed by atoms with Gasteiger partial charge in [-0.2, -0.15) is 0 Å². The van der Waals surface area contributed by atoms with Crippen LogP contribution >= 0.6 is 0 Å². The van der Waals surface area contributed by atoms with E-state index in [4.69, 9.17) is 10.5 Å². The number of ether oxygens (including phenoxy) is 1. The van der Waals surface area contributed by atoms with Crippen molar-refractivity contribution in [2.75, 3.05) is 31.6 Å². The molecule has 0 amide bonds. The smallest absolute Gasteiger partial charge is 0.213 e. The SMILES string of the molecule is COc1ccc2nccc(N3CC[C@@H](CN)C3)c2n1. The second kappa shape index (κ2) is 5.01. The molecule has 2 aromatic heterocycles. The maximum Gasteiger partial charge on any atom is 0.213 e. The van der Waals surface area contributed by atoms with E-state index in [1.807, 2.05) is 24.4 Å². The number of nitrogens with two attached hydrogens (primary N) is 1. The number of anilines is 1. The molecule has 1 saturated heterocycles. The topological polar surface area (TPSA) is 64.3 Å². The summed E-state index contributed by atoms with van der Waals surface area (Å²) in [7, 11) is 1.63. The Balaban J connectivity index is 2.03. The molecule has 5 heteroatoms. The van der Waals surface area contributed by atoms with E-state index in [1.165, 1.54) is 0 Å². The van der Waals surface area contributed by atoms with Crippen LogP contribution in [-0.4, -0.2) is 36.7 Å². The maximum atomic E-state index is 5.76. The van der Waals surface area contributed by atoms with E-state index < -0.39 is 0 Å². The van der Waals surface area contributed by atoms with E-state index in [-0.39, 0.29) is 0 Å². The predicted octanol–water partition coefficient (Wildman–Crippen LogP) is 1.42. The average Bonchev–Trinajstić information content (AvgIpc) is 2.94. The van der Waals surface area contributed by atoms with Crippen molar-refractivity contribution in [3.63, 3.8) is 0 Å². The van der Waals surface area contributed by atoms with Gasteiger partial charge in [0.05, 0.1) is 18.3 Å². The first-order valence-corrected chi connectivity index (χ1v) is 6.56.